The third kappa shape index (κ3) is 3.98. The molecule has 0 bridgehead atoms. The van der Waals surface area contributed by atoms with Crippen molar-refractivity contribution in [3.63, 3.8) is 0 Å². The van der Waals surface area contributed by atoms with E-state index in [-0.39, 0.29) is 11.6 Å². The van der Waals surface area contributed by atoms with Crippen LogP contribution in [0.25, 0.3) is 0 Å². The molecule has 1 aliphatic rings. The molecule has 21 heavy (non-hydrogen) atoms. The molecule has 1 fully saturated rings. The molecule has 3 heteroatoms. The van der Waals surface area contributed by atoms with Crippen LogP contribution < -0.4 is 10.1 Å². The molecule has 1 N–H and O–H groups in total. The molecule has 3 nitrogen and oxygen atoms in total. The van der Waals surface area contributed by atoms with Crippen LogP contribution in [0.1, 0.15) is 57.2 Å². The topological polar surface area (TPSA) is 30.5 Å². The van der Waals surface area contributed by atoms with Crippen molar-refractivity contribution < 1.29 is 9.47 Å². The average Bonchev–Trinajstić information content (AvgIpc) is 2.47. The van der Waals surface area contributed by atoms with E-state index >= 15 is 0 Å². The van der Waals surface area contributed by atoms with Crippen LogP contribution in [-0.2, 0) is 4.74 Å². The maximum Gasteiger partial charge on any atom is 0.123 e. The largest absolute Gasteiger partial charge is 0.496 e. The van der Waals surface area contributed by atoms with Gasteiger partial charge in [0.1, 0.15) is 5.75 Å². The van der Waals surface area contributed by atoms with Crippen molar-refractivity contribution in [1.82, 2.24) is 5.32 Å². The van der Waals surface area contributed by atoms with E-state index in [2.05, 4.69) is 51.2 Å². The molecule has 3 atom stereocenters. The van der Waals surface area contributed by atoms with Crippen LogP contribution in [0, 0.1) is 6.92 Å². The highest BCUT2D eigenvalue weighted by atomic mass is 16.5. The minimum absolute atomic E-state index is 0.0202. The fourth-order valence-corrected chi connectivity index (χ4v) is 3.15. The molecule has 0 aromatic heterocycles. The molecule has 1 aromatic rings. The van der Waals surface area contributed by atoms with Crippen LogP contribution in [0.4, 0.5) is 0 Å². The lowest BCUT2D eigenvalue weighted by molar-refractivity contribution is -0.0789. The van der Waals surface area contributed by atoms with Crippen LogP contribution in [0.15, 0.2) is 18.2 Å². The Labute approximate surface area is 129 Å². The molecule has 1 heterocycles. The number of methoxy groups -OCH3 is 1. The monoisotopic (exact) mass is 291 g/mol. The Morgan fingerprint density at radius 1 is 1.48 bits per heavy atom. The van der Waals surface area contributed by atoms with Crippen LogP contribution >= 0.6 is 0 Å². The lowest BCUT2D eigenvalue weighted by atomic mass is 9.89. The first-order valence-corrected chi connectivity index (χ1v) is 8.02. The first kappa shape index (κ1) is 16.3. The number of ether oxygens (including phenoxy) is 2. The van der Waals surface area contributed by atoms with Crippen molar-refractivity contribution in [2.45, 2.75) is 64.6 Å². The van der Waals surface area contributed by atoms with Gasteiger partial charge < -0.3 is 14.8 Å². The summed E-state index contributed by atoms with van der Waals surface area (Å²) in [6, 6.07) is 7.16. The van der Waals surface area contributed by atoms with Crippen LogP contribution in [0.3, 0.4) is 0 Å². The Morgan fingerprint density at radius 2 is 2.24 bits per heavy atom. The van der Waals surface area contributed by atoms with Crippen LogP contribution in [0.2, 0.25) is 0 Å². The van der Waals surface area contributed by atoms with E-state index in [0.29, 0.717) is 6.04 Å². The summed E-state index contributed by atoms with van der Waals surface area (Å²) in [6.45, 7) is 9.61. The summed E-state index contributed by atoms with van der Waals surface area (Å²) in [7, 11) is 1.74. The number of hydrogen-bond donors (Lipinski definition) is 1. The fourth-order valence-electron chi connectivity index (χ4n) is 3.15. The molecule has 1 aliphatic heterocycles. The summed E-state index contributed by atoms with van der Waals surface area (Å²) in [6.07, 6.45) is 3.21. The molecule has 0 amide bonds. The first-order chi connectivity index (χ1) is 9.97. The summed E-state index contributed by atoms with van der Waals surface area (Å²) in [4.78, 5) is 0. The van der Waals surface area contributed by atoms with Crippen LogP contribution in [-0.4, -0.2) is 25.4 Å². The van der Waals surface area contributed by atoms with Crippen molar-refractivity contribution in [1.29, 1.82) is 0 Å². The highest BCUT2D eigenvalue weighted by molar-refractivity contribution is 5.38. The second-order valence-corrected chi connectivity index (χ2v) is 6.48. The number of hydrogen-bond acceptors (Lipinski definition) is 3. The third-order valence-electron chi connectivity index (χ3n) is 4.68. The number of benzene rings is 1. The molecular weight excluding hydrogens is 262 g/mol. The summed E-state index contributed by atoms with van der Waals surface area (Å²) < 4.78 is 11.4. The summed E-state index contributed by atoms with van der Waals surface area (Å²) >= 11 is 0. The molecule has 2 rings (SSSR count). The predicted octanol–water partition coefficient (Wildman–Crippen LogP) is 4.00. The van der Waals surface area contributed by atoms with Crippen molar-refractivity contribution in [2.24, 2.45) is 0 Å². The number of rotatable bonds is 5. The summed E-state index contributed by atoms with van der Waals surface area (Å²) in [5, 5.41) is 3.77. The maximum atomic E-state index is 5.93. The van der Waals surface area contributed by atoms with E-state index in [9.17, 15) is 0 Å². The molecule has 0 saturated carbocycles. The van der Waals surface area contributed by atoms with Crippen LogP contribution in [0.5, 0.6) is 5.75 Å². The highest BCUT2D eigenvalue weighted by Crippen LogP contribution is 2.31. The fraction of sp³-hybridized carbons (Fsp3) is 0.667. The normalized spacial score (nSPS) is 27.4. The van der Waals surface area contributed by atoms with E-state index < -0.39 is 0 Å². The lowest BCUT2D eigenvalue weighted by Gasteiger charge is -2.39. The Balaban J connectivity index is 2.07. The van der Waals surface area contributed by atoms with E-state index in [1.54, 1.807) is 7.11 Å². The standard InChI is InChI=1S/C18H29NO2/c1-6-18(4)12-15(9-10-21-18)19-14(3)16-11-13(2)7-8-17(16)20-5/h7-8,11,14-15,19H,6,9-10,12H2,1-5H3. The minimum Gasteiger partial charge on any atom is -0.496 e. The van der Waals surface area contributed by atoms with Gasteiger partial charge in [-0.25, -0.2) is 0 Å². The SMILES string of the molecule is CCC1(C)CC(NC(C)c2cc(C)ccc2OC)CCO1. The quantitative estimate of drug-likeness (QED) is 0.889. The number of aryl methyl sites for hydroxylation is 1. The molecule has 1 saturated heterocycles. The third-order valence-corrected chi connectivity index (χ3v) is 4.68. The van der Waals surface area contributed by atoms with E-state index in [1.165, 1.54) is 11.1 Å². The minimum atomic E-state index is 0.0202. The van der Waals surface area contributed by atoms with Crippen molar-refractivity contribution in [3.8, 4) is 5.75 Å². The van der Waals surface area contributed by atoms with Gasteiger partial charge in [0, 0.05) is 24.3 Å². The smallest absolute Gasteiger partial charge is 0.123 e. The molecule has 1 aromatic carbocycles. The van der Waals surface area contributed by atoms with Gasteiger partial charge in [0.2, 0.25) is 0 Å². The Kier molecular flexibility index (Phi) is 5.28. The van der Waals surface area contributed by atoms with Gasteiger partial charge in [-0.15, -0.1) is 0 Å². The zero-order chi connectivity index (χ0) is 15.5. The van der Waals surface area contributed by atoms with Crippen molar-refractivity contribution in [2.75, 3.05) is 13.7 Å². The number of nitrogens with one attached hydrogen (secondary N) is 1. The second-order valence-electron chi connectivity index (χ2n) is 6.48. The van der Waals surface area contributed by atoms with Gasteiger partial charge in [-0.2, -0.15) is 0 Å². The Hall–Kier alpha value is -1.06. The average molecular weight is 291 g/mol. The van der Waals surface area contributed by atoms with E-state index in [0.717, 1.165) is 31.6 Å². The molecule has 0 spiro atoms. The van der Waals surface area contributed by atoms with Crippen molar-refractivity contribution >= 4 is 0 Å². The summed E-state index contributed by atoms with van der Waals surface area (Å²) in [5.74, 6) is 0.964. The molecule has 3 unspecified atom stereocenters. The first-order valence-electron chi connectivity index (χ1n) is 8.02. The lowest BCUT2D eigenvalue weighted by Crippen LogP contribution is -2.45. The van der Waals surface area contributed by atoms with E-state index in [1.807, 2.05) is 0 Å². The zero-order valence-electron chi connectivity index (χ0n) is 14.0. The molecule has 0 radical (unpaired) electrons. The van der Waals surface area contributed by atoms with E-state index in [4.69, 9.17) is 9.47 Å². The van der Waals surface area contributed by atoms with Gasteiger partial charge in [0.05, 0.1) is 12.7 Å². The van der Waals surface area contributed by atoms with Gasteiger partial charge in [-0.05, 0) is 46.1 Å². The van der Waals surface area contributed by atoms with Crippen molar-refractivity contribution in [3.05, 3.63) is 29.3 Å². The molecule has 118 valence electrons. The Bertz CT molecular complexity index is 474. The van der Waals surface area contributed by atoms with Gasteiger partial charge in [-0.3, -0.25) is 0 Å². The Morgan fingerprint density at radius 3 is 2.90 bits per heavy atom. The second kappa shape index (κ2) is 6.80. The highest BCUT2D eigenvalue weighted by Gasteiger charge is 2.32. The predicted molar refractivity (Wildman–Crippen MR) is 87.0 cm³/mol. The molecule has 0 aliphatic carbocycles. The molecular formula is C18H29NO2. The van der Waals surface area contributed by atoms with Gasteiger partial charge in [0.15, 0.2) is 0 Å². The van der Waals surface area contributed by atoms with Gasteiger partial charge in [-0.1, -0.05) is 24.6 Å². The summed E-state index contributed by atoms with van der Waals surface area (Å²) in [5.41, 5.74) is 2.53. The zero-order valence-corrected chi connectivity index (χ0v) is 14.0. The van der Waals surface area contributed by atoms with Gasteiger partial charge in [0.25, 0.3) is 0 Å². The maximum absolute atomic E-state index is 5.93. The van der Waals surface area contributed by atoms with Gasteiger partial charge >= 0.3 is 0 Å².